The predicted octanol–water partition coefficient (Wildman–Crippen LogP) is 2.59. The van der Waals surface area contributed by atoms with Crippen molar-refractivity contribution >= 4 is 11.8 Å². The molecule has 0 aliphatic carbocycles. The fourth-order valence-electron chi connectivity index (χ4n) is 1.98. The monoisotopic (exact) mass is 295 g/mol. The van der Waals surface area contributed by atoms with Crippen molar-refractivity contribution < 1.29 is 9.53 Å². The highest BCUT2D eigenvalue weighted by atomic mass is 16.5. The zero-order valence-corrected chi connectivity index (χ0v) is 12.6. The first-order valence-corrected chi connectivity index (χ1v) is 6.88. The summed E-state index contributed by atoms with van der Waals surface area (Å²) in [5.74, 6) is 0.485. The third-order valence-electron chi connectivity index (χ3n) is 3.28. The summed E-state index contributed by atoms with van der Waals surface area (Å²) in [6.45, 7) is 2.43. The van der Waals surface area contributed by atoms with Gasteiger partial charge in [0.25, 0.3) is 0 Å². The Morgan fingerprint density at radius 3 is 2.50 bits per heavy atom. The number of ether oxygens (including phenoxy) is 1. The minimum absolute atomic E-state index is 0.247. The number of nitriles is 1. The van der Waals surface area contributed by atoms with Gasteiger partial charge in [0.2, 0.25) is 0 Å². The number of aromatic nitrogens is 1. The van der Waals surface area contributed by atoms with Crippen molar-refractivity contribution in [3.63, 3.8) is 0 Å². The van der Waals surface area contributed by atoms with Crippen LogP contribution in [0.25, 0.3) is 0 Å². The van der Waals surface area contributed by atoms with Crippen LogP contribution in [0.15, 0.2) is 36.4 Å². The normalized spacial score (nSPS) is 9.86. The Kier molecular flexibility index (Phi) is 5.10. The van der Waals surface area contributed by atoms with Crippen molar-refractivity contribution in [3.05, 3.63) is 58.8 Å². The number of pyridine rings is 1. The lowest BCUT2D eigenvalue weighted by Crippen LogP contribution is -2.05. The number of hydrogen-bond donors (Lipinski definition) is 1. The molecule has 0 unspecified atom stereocenters. The Balaban J connectivity index is 1.96. The number of aryl methyl sites for hydroxylation is 1. The van der Waals surface area contributed by atoms with E-state index in [-0.39, 0.29) is 12.4 Å². The van der Waals surface area contributed by atoms with Crippen LogP contribution in [0, 0.1) is 18.3 Å². The summed E-state index contributed by atoms with van der Waals surface area (Å²) in [7, 11) is 1.38. The minimum atomic E-state index is -0.247. The van der Waals surface area contributed by atoms with Gasteiger partial charge < -0.3 is 10.1 Å². The average Bonchev–Trinajstić information content (AvgIpc) is 2.54. The van der Waals surface area contributed by atoms with Crippen LogP contribution >= 0.6 is 0 Å². The number of rotatable bonds is 5. The number of nitrogens with one attached hydrogen (secondary N) is 1. The van der Waals surface area contributed by atoms with Gasteiger partial charge in [0.15, 0.2) is 0 Å². The standard InChI is InChI=1S/C17H17N3O2/c1-12-15(10-18)7-8-16(20-12)19-11-14-5-3-13(4-6-14)9-17(21)22-2/h3-8H,9,11H2,1-2H3,(H,19,20). The molecule has 0 radical (unpaired) electrons. The number of nitrogens with zero attached hydrogens (tertiary/aromatic N) is 2. The van der Waals surface area contributed by atoms with E-state index < -0.39 is 0 Å². The summed E-state index contributed by atoms with van der Waals surface area (Å²) in [6.07, 6.45) is 0.278. The molecule has 2 aromatic rings. The molecule has 5 nitrogen and oxygen atoms in total. The van der Waals surface area contributed by atoms with E-state index in [2.05, 4.69) is 21.1 Å². The largest absolute Gasteiger partial charge is 0.469 e. The number of benzene rings is 1. The lowest BCUT2D eigenvalue weighted by Gasteiger charge is -2.08. The number of methoxy groups -OCH3 is 1. The van der Waals surface area contributed by atoms with E-state index in [1.807, 2.05) is 31.2 Å². The summed E-state index contributed by atoms with van der Waals surface area (Å²) in [4.78, 5) is 15.5. The van der Waals surface area contributed by atoms with Crippen molar-refractivity contribution in [1.82, 2.24) is 4.98 Å². The Bertz CT molecular complexity index is 703. The molecule has 112 valence electrons. The maximum atomic E-state index is 11.2. The van der Waals surface area contributed by atoms with E-state index in [4.69, 9.17) is 5.26 Å². The lowest BCUT2D eigenvalue weighted by molar-refractivity contribution is -0.139. The van der Waals surface area contributed by atoms with E-state index in [0.29, 0.717) is 17.8 Å². The Labute approximate surface area is 129 Å². The highest BCUT2D eigenvalue weighted by molar-refractivity contribution is 5.72. The molecular weight excluding hydrogens is 278 g/mol. The SMILES string of the molecule is COC(=O)Cc1ccc(CNc2ccc(C#N)c(C)n2)cc1. The van der Waals surface area contributed by atoms with Crippen LogP contribution < -0.4 is 5.32 Å². The number of hydrogen-bond acceptors (Lipinski definition) is 5. The summed E-state index contributed by atoms with van der Waals surface area (Å²) in [5, 5.41) is 12.1. The van der Waals surface area contributed by atoms with E-state index in [1.54, 1.807) is 12.1 Å². The van der Waals surface area contributed by atoms with Crippen LogP contribution in [0.2, 0.25) is 0 Å². The molecule has 0 aliphatic heterocycles. The number of esters is 1. The Morgan fingerprint density at radius 2 is 1.91 bits per heavy atom. The smallest absolute Gasteiger partial charge is 0.309 e. The quantitative estimate of drug-likeness (QED) is 0.858. The molecule has 0 bridgehead atoms. The van der Waals surface area contributed by atoms with Crippen molar-refractivity contribution in [3.8, 4) is 6.07 Å². The second-order valence-electron chi connectivity index (χ2n) is 4.86. The van der Waals surface area contributed by atoms with Crippen molar-refractivity contribution in [2.45, 2.75) is 19.9 Å². The molecule has 0 atom stereocenters. The summed E-state index contributed by atoms with van der Waals surface area (Å²) in [5.41, 5.74) is 3.29. The Morgan fingerprint density at radius 1 is 1.23 bits per heavy atom. The van der Waals surface area contributed by atoms with Crippen LogP contribution in [0.3, 0.4) is 0 Å². The van der Waals surface area contributed by atoms with E-state index in [1.165, 1.54) is 7.11 Å². The molecule has 0 amide bonds. The van der Waals surface area contributed by atoms with Gasteiger partial charge in [-0.2, -0.15) is 5.26 Å². The van der Waals surface area contributed by atoms with Crippen LogP contribution in [-0.4, -0.2) is 18.1 Å². The fraction of sp³-hybridized carbons (Fsp3) is 0.235. The van der Waals surface area contributed by atoms with Crippen LogP contribution in [0.1, 0.15) is 22.4 Å². The molecule has 2 rings (SSSR count). The minimum Gasteiger partial charge on any atom is -0.469 e. The van der Waals surface area contributed by atoms with E-state index in [9.17, 15) is 4.79 Å². The molecule has 1 heterocycles. The number of carbonyl (C=O) groups is 1. The molecule has 22 heavy (non-hydrogen) atoms. The number of anilines is 1. The molecule has 0 saturated carbocycles. The zero-order chi connectivity index (χ0) is 15.9. The van der Waals surface area contributed by atoms with Gasteiger partial charge in [0.1, 0.15) is 11.9 Å². The molecule has 1 aromatic heterocycles. The topological polar surface area (TPSA) is 75.0 Å². The molecular formula is C17H17N3O2. The number of carbonyl (C=O) groups excluding carboxylic acids is 1. The van der Waals surface area contributed by atoms with Gasteiger partial charge in [-0.25, -0.2) is 4.98 Å². The molecule has 0 spiro atoms. The molecule has 5 heteroatoms. The second-order valence-corrected chi connectivity index (χ2v) is 4.86. The van der Waals surface area contributed by atoms with Crippen LogP contribution in [-0.2, 0) is 22.5 Å². The van der Waals surface area contributed by atoms with Gasteiger partial charge in [0.05, 0.1) is 24.8 Å². The molecule has 0 fully saturated rings. The van der Waals surface area contributed by atoms with Gasteiger partial charge in [-0.05, 0) is 30.2 Å². The van der Waals surface area contributed by atoms with Crippen molar-refractivity contribution in [2.75, 3.05) is 12.4 Å². The van der Waals surface area contributed by atoms with E-state index in [0.717, 1.165) is 16.9 Å². The van der Waals surface area contributed by atoms with Crippen LogP contribution in [0.5, 0.6) is 0 Å². The van der Waals surface area contributed by atoms with Gasteiger partial charge >= 0.3 is 5.97 Å². The summed E-state index contributed by atoms with van der Waals surface area (Å²) >= 11 is 0. The van der Waals surface area contributed by atoms with Crippen molar-refractivity contribution in [1.29, 1.82) is 5.26 Å². The zero-order valence-electron chi connectivity index (χ0n) is 12.6. The molecule has 1 N–H and O–H groups in total. The van der Waals surface area contributed by atoms with Gasteiger partial charge in [-0.15, -0.1) is 0 Å². The highest BCUT2D eigenvalue weighted by Crippen LogP contribution is 2.12. The summed E-state index contributed by atoms with van der Waals surface area (Å²) in [6, 6.07) is 13.4. The third kappa shape index (κ3) is 4.06. The van der Waals surface area contributed by atoms with Gasteiger partial charge in [-0.1, -0.05) is 24.3 Å². The maximum Gasteiger partial charge on any atom is 0.309 e. The predicted molar refractivity (Wildman–Crippen MR) is 83.2 cm³/mol. The molecule has 0 aliphatic rings. The lowest BCUT2D eigenvalue weighted by atomic mass is 10.1. The van der Waals surface area contributed by atoms with Gasteiger partial charge in [0, 0.05) is 6.54 Å². The average molecular weight is 295 g/mol. The summed E-state index contributed by atoms with van der Waals surface area (Å²) < 4.78 is 4.64. The second kappa shape index (κ2) is 7.23. The van der Waals surface area contributed by atoms with E-state index >= 15 is 0 Å². The van der Waals surface area contributed by atoms with Gasteiger partial charge in [-0.3, -0.25) is 4.79 Å². The first kappa shape index (κ1) is 15.5. The molecule has 1 aromatic carbocycles. The highest BCUT2D eigenvalue weighted by Gasteiger charge is 2.03. The first-order chi connectivity index (χ1) is 10.6. The molecule has 0 saturated heterocycles. The fourth-order valence-corrected chi connectivity index (χ4v) is 1.98. The maximum absolute atomic E-state index is 11.2. The first-order valence-electron chi connectivity index (χ1n) is 6.88. The van der Waals surface area contributed by atoms with Crippen LogP contribution in [0.4, 0.5) is 5.82 Å². The third-order valence-corrected chi connectivity index (χ3v) is 3.28. The Hall–Kier alpha value is -2.87. The van der Waals surface area contributed by atoms with Crippen molar-refractivity contribution in [2.24, 2.45) is 0 Å².